The Morgan fingerprint density at radius 2 is 1.96 bits per heavy atom. The van der Waals surface area contributed by atoms with Crippen molar-refractivity contribution in [1.82, 2.24) is 0 Å². The van der Waals surface area contributed by atoms with E-state index in [4.69, 9.17) is 0 Å². The molecule has 1 unspecified atom stereocenters. The maximum absolute atomic E-state index is 13.0. The third-order valence-electron chi connectivity index (χ3n) is 8.12. The van der Waals surface area contributed by atoms with Crippen LogP contribution in [0, 0.1) is 28.6 Å². The van der Waals surface area contributed by atoms with Crippen LogP contribution >= 0.6 is 15.9 Å². The molecule has 4 rings (SSSR count). The monoisotopic (exact) mass is 436 g/mol. The Kier molecular flexibility index (Phi) is 4.23. The normalized spacial score (nSPS) is 48.6. The number of aliphatic hydroxyl groups is 2. The molecule has 146 valence electrons. The van der Waals surface area contributed by atoms with Gasteiger partial charge in [-0.3, -0.25) is 14.4 Å². The van der Waals surface area contributed by atoms with Crippen LogP contribution in [0.2, 0.25) is 0 Å². The molecule has 2 saturated carbocycles. The molecule has 4 aliphatic rings. The zero-order chi connectivity index (χ0) is 19.8. The molecule has 0 aliphatic heterocycles. The smallest absolute Gasteiger partial charge is 0.231 e. The average Bonchev–Trinajstić information content (AvgIpc) is 2.99. The summed E-state index contributed by atoms with van der Waals surface area (Å²) in [5.41, 5.74) is -0.550. The molecular weight excluding hydrogens is 412 g/mol. The highest BCUT2D eigenvalue weighted by Gasteiger charge is 2.68. The minimum Gasteiger partial charge on any atom is -0.389 e. The lowest BCUT2D eigenvalue weighted by Crippen LogP contribution is -2.63. The van der Waals surface area contributed by atoms with E-state index in [9.17, 15) is 24.6 Å². The predicted octanol–water partition coefficient (Wildman–Crippen LogP) is 2.14. The predicted molar refractivity (Wildman–Crippen MR) is 102 cm³/mol. The minimum atomic E-state index is -1.37. The number of allylic oxidation sites excluding steroid dienone is 3. The van der Waals surface area contributed by atoms with E-state index in [1.54, 1.807) is 0 Å². The molecule has 4 aliphatic carbocycles. The topological polar surface area (TPSA) is 91.7 Å². The summed E-state index contributed by atoms with van der Waals surface area (Å²) in [4.78, 5) is 37.7. The van der Waals surface area contributed by atoms with E-state index < -0.39 is 34.0 Å². The summed E-state index contributed by atoms with van der Waals surface area (Å²) in [6, 6.07) is 0. The Hall–Kier alpha value is -1.11. The van der Waals surface area contributed by atoms with Gasteiger partial charge in [0.2, 0.25) is 11.6 Å². The van der Waals surface area contributed by atoms with Crippen LogP contribution in [0.15, 0.2) is 23.8 Å². The van der Waals surface area contributed by atoms with Crippen molar-refractivity contribution in [3.63, 3.8) is 0 Å². The summed E-state index contributed by atoms with van der Waals surface area (Å²) >= 11 is 3.91. The Bertz CT molecular complexity index is 800. The number of alkyl halides is 1. The third-order valence-corrected chi connectivity index (χ3v) is 9.84. The lowest BCUT2D eigenvalue weighted by atomic mass is 9.48. The molecule has 0 spiro atoms. The van der Waals surface area contributed by atoms with Crippen molar-refractivity contribution in [3.05, 3.63) is 23.8 Å². The zero-order valence-corrected chi connectivity index (χ0v) is 17.2. The minimum absolute atomic E-state index is 0.00175. The first-order valence-corrected chi connectivity index (χ1v) is 10.4. The molecule has 0 radical (unpaired) electrons. The van der Waals surface area contributed by atoms with Crippen LogP contribution in [0.4, 0.5) is 0 Å². The zero-order valence-electron chi connectivity index (χ0n) is 15.6. The van der Waals surface area contributed by atoms with Gasteiger partial charge in [-0.05, 0) is 61.5 Å². The summed E-state index contributed by atoms with van der Waals surface area (Å²) in [5, 5.41) is 19.3. The summed E-state index contributed by atoms with van der Waals surface area (Å²) in [7, 11) is 0. The Balaban J connectivity index is 1.81. The van der Waals surface area contributed by atoms with Crippen molar-refractivity contribution in [1.29, 1.82) is 0 Å². The lowest BCUT2D eigenvalue weighted by molar-refractivity contribution is -0.148. The average molecular weight is 437 g/mol. The van der Waals surface area contributed by atoms with E-state index in [-0.39, 0.29) is 29.0 Å². The van der Waals surface area contributed by atoms with Crippen LogP contribution in [0.5, 0.6) is 0 Å². The van der Waals surface area contributed by atoms with Gasteiger partial charge in [-0.1, -0.05) is 35.0 Å². The first kappa shape index (κ1) is 19.2. The number of carbonyl (C=O) groups excluding carboxylic acids is 3. The number of fused-ring (bicyclic) bond motifs is 5. The fourth-order valence-electron chi connectivity index (χ4n) is 6.44. The number of carbonyl (C=O) groups is 3. The molecule has 0 amide bonds. The van der Waals surface area contributed by atoms with Crippen LogP contribution in [0.3, 0.4) is 0 Å². The number of hydrogen-bond donors (Lipinski definition) is 2. The summed E-state index contributed by atoms with van der Waals surface area (Å²) in [6.45, 7) is 3.52. The summed E-state index contributed by atoms with van der Waals surface area (Å²) in [6.07, 6.45) is 7.10. The van der Waals surface area contributed by atoms with E-state index in [2.05, 4.69) is 28.9 Å². The molecule has 0 heterocycles. The highest BCUT2D eigenvalue weighted by molar-refractivity contribution is 9.10. The van der Waals surface area contributed by atoms with Gasteiger partial charge in [-0.2, -0.15) is 0 Å². The molecule has 0 saturated heterocycles. The van der Waals surface area contributed by atoms with E-state index in [0.29, 0.717) is 12.0 Å². The number of aliphatic hydroxyl groups excluding tert-OH is 2. The highest BCUT2D eigenvalue weighted by atomic mass is 79.9. The molecule has 0 aromatic heterocycles. The molecule has 27 heavy (non-hydrogen) atoms. The molecule has 6 heteroatoms. The number of rotatable bonds is 2. The van der Waals surface area contributed by atoms with Crippen LogP contribution in [-0.4, -0.2) is 44.6 Å². The van der Waals surface area contributed by atoms with Crippen LogP contribution in [-0.2, 0) is 14.4 Å². The van der Waals surface area contributed by atoms with Crippen LogP contribution in [0.25, 0.3) is 0 Å². The van der Waals surface area contributed by atoms with E-state index in [1.807, 2.05) is 13.0 Å². The number of hydrogen-bond acceptors (Lipinski definition) is 5. The van der Waals surface area contributed by atoms with Crippen molar-refractivity contribution in [2.24, 2.45) is 28.6 Å². The van der Waals surface area contributed by atoms with Crippen LogP contribution < -0.4 is 0 Å². The first-order valence-electron chi connectivity index (χ1n) is 9.61. The molecule has 0 aromatic rings. The van der Waals surface area contributed by atoms with Gasteiger partial charge < -0.3 is 10.2 Å². The fraction of sp³-hybridized carbons (Fsp3) is 0.667. The van der Waals surface area contributed by atoms with E-state index >= 15 is 0 Å². The Morgan fingerprint density at radius 1 is 1.26 bits per heavy atom. The van der Waals surface area contributed by atoms with Gasteiger partial charge in [-0.15, -0.1) is 0 Å². The first-order chi connectivity index (χ1) is 12.6. The summed E-state index contributed by atoms with van der Waals surface area (Å²) < 4.78 is -0.616. The largest absolute Gasteiger partial charge is 0.389 e. The maximum Gasteiger partial charge on any atom is 0.231 e. The number of Topliss-reactive ketones (excluding diaryl/α,β-unsaturated/α-hetero) is 3. The third kappa shape index (κ3) is 2.21. The molecule has 5 nitrogen and oxygen atoms in total. The van der Waals surface area contributed by atoms with Crippen molar-refractivity contribution in [2.45, 2.75) is 50.0 Å². The van der Waals surface area contributed by atoms with Crippen LogP contribution in [0.1, 0.15) is 39.5 Å². The molecule has 7 atom stereocenters. The van der Waals surface area contributed by atoms with Gasteiger partial charge in [-0.25, -0.2) is 0 Å². The standard InChI is InChI=1S/C21H25BrO5/c1-19-7-8-21(22)13(12(19)5-6-14(19)16(25)10-23)4-3-11-9-15(24)17(26)18(27)20(11,21)2/h3-4,9,12-15,23-24H,5-8,10H2,1-2H3/t12-,13-,14+,15?,19-,20+,21+/m0/s1. The SMILES string of the molecule is C[C@]12CC[C@@]3(Br)[C@@H](C=CC4=CC(O)C(=O)C(=O)[C@@]43C)[C@@H]1CC[C@@H]2C(=O)CO. The maximum atomic E-state index is 13.0. The summed E-state index contributed by atoms with van der Waals surface area (Å²) in [5.74, 6) is -1.35. The second-order valence-corrected chi connectivity index (χ2v) is 10.4. The van der Waals surface area contributed by atoms with Gasteiger partial charge in [0.1, 0.15) is 12.7 Å². The molecule has 0 bridgehead atoms. The van der Waals surface area contributed by atoms with Gasteiger partial charge in [0, 0.05) is 10.2 Å². The molecule has 2 N–H and O–H groups in total. The van der Waals surface area contributed by atoms with Gasteiger partial charge in [0.15, 0.2) is 5.78 Å². The molecular formula is C21H25BrO5. The van der Waals surface area contributed by atoms with Crippen molar-refractivity contribution in [3.8, 4) is 0 Å². The van der Waals surface area contributed by atoms with Gasteiger partial charge >= 0.3 is 0 Å². The second kappa shape index (κ2) is 5.94. The quantitative estimate of drug-likeness (QED) is 0.510. The van der Waals surface area contributed by atoms with Crippen molar-refractivity contribution in [2.75, 3.05) is 6.61 Å². The molecule has 0 aromatic carbocycles. The van der Waals surface area contributed by atoms with Crippen molar-refractivity contribution >= 4 is 33.3 Å². The van der Waals surface area contributed by atoms with Gasteiger partial charge in [0.25, 0.3) is 0 Å². The van der Waals surface area contributed by atoms with Crippen molar-refractivity contribution < 1.29 is 24.6 Å². The Morgan fingerprint density at radius 3 is 2.63 bits per heavy atom. The van der Waals surface area contributed by atoms with E-state index in [1.165, 1.54) is 6.08 Å². The number of ketones is 3. The highest BCUT2D eigenvalue weighted by Crippen LogP contribution is 2.68. The fourth-order valence-corrected chi connectivity index (χ4v) is 7.52. The lowest BCUT2D eigenvalue weighted by Gasteiger charge is -2.60. The molecule has 2 fully saturated rings. The Labute approximate surface area is 167 Å². The number of halogens is 1. The van der Waals surface area contributed by atoms with E-state index in [0.717, 1.165) is 19.3 Å². The van der Waals surface area contributed by atoms with Gasteiger partial charge in [0.05, 0.1) is 5.41 Å². The second-order valence-electron chi connectivity index (χ2n) is 9.00.